The van der Waals surface area contributed by atoms with E-state index in [0.717, 1.165) is 36.2 Å². The first-order chi connectivity index (χ1) is 11.2. The monoisotopic (exact) mass is 330 g/mol. The molecule has 1 aromatic rings. The third-order valence-corrected chi connectivity index (χ3v) is 7.43. The lowest BCUT2D eigenvalue weighted by Gasteiger charge is -2.59. The van der Waals surface area contributed by atoms with E-state index in [0.29, 0.717) is 10.8 Å². The zero-order valence-corrected chi connectivity index (χ0v) is 15.8. The standard InChI is InChI=1S/C22H34O2/c1-15-6-9-20-21(2,3)10-5-11-22(20,4)19(15)8-7-16-12-17(23)14-18(24)13-16/h12-15,19-20,23-24H,5-11H2,1-4H3/t15-,19?,20-,22+/m0/s1. The zero-order valence-electron chi connectivity index (χ0n) is 15.8. The molecule has 1 aromatic carbocycles. The van der Waals surface area contributed by atoms with Crippen molar-refractivity contribution < 1.29 is 10.2 Å². The molecular formula is C22H34O2. The summed E-state index contributed by atoms with van der Waals surface area (Å²) in [7, 11) is 0. The molecule has 0 radical (unpaired) electrons. The SMILES string of the molecule is C[C@H]1CC[C@H]2C(C)(C)CCC[C@]2(C)C1CCc1cc(O)cc(O)c1. The molecule has 2 heteroatoms. The summed E-state index contributed by atoms with van der Waals surface area (Å²) in [6.07, 6.45) is 8.92. The highest BCUT2D eigenvalue weighted by atomic mass is 16.3. The van der Waals surface area contributed by atoms with Crippen LogP contribution >= 0.6 is 0 Å². The Morgan fingerprint density at radius 1 is 1.00 bits per heavy atom. The average Bonchev–Trinajstić information content (AvgIpc) is 2.44. The van der Waals surface area contributed by atoms with Crippen molar-refractivity contribution in [3.63, 3.8) is 0 Å². The third kappa shape index (κ3) is 3.17. The molecule has 4 atom stereocenters. The minimum atomic E-state index is 0.171. The van der Waals surface area contributed by atoms with Crippen molar-refractivity contribution in [3.8, 4) is 11.5 Å². The van der Waals surface area contributed by atoms with Crippen LogP contribution in [0.3, 0.4) is 0 Å². The lowest BCUT2D eigenvalue weighted by molar-refractivity contribution is -0.0957. The smallest absolute Gasteiger partial charge is 0.119 e. The molecule has 0 spiro atoms. The van der Waals surface area contributed by atoms with E-state index < -0.39 is 0 Å². The molecule has 2 aliphatic carbocycles. The quantitative estimate of drug-likeness (QED) is 0.723. The van der Waals surface area contributed by atoms with Crippen LogP contribution in [-0.2, 0) is 6.42 Å². The summed E-state index contributed by atoms with van der Waals surface area (Å²) in [5.74, 6) is 2.68. The van der Waals surface area contributed by atoms with Crippen molar-refractivity contribution in [2.24, 2.45) is 28.6 Å². The first-order valence-corrected chi connectivity index (χ1v) is 9.74. The van der Waals surface area contributed by atoms with Gasteiger partial charge in [0.1, 0.15) is 11.5 Å². The third-order valence-electron chi connectivity index (χ3n) is 7.43. The molecule has 3 rings (SSSR count). The van der Waals surface area contributed by atoms with E-state index in [2.05, 4.69) is 27.7 Å². The number of aryl methyl sites for hydroxylation is 1. The van der Waals surface area contributed by atoms with E-state index in [4.69, 9.17) is 0 Å². The van der Waals surface area contributed by atoms with E-state index in [1.54, 1.807) is 12.1 Å². The Morgan fingerprint density at radius 2 is 1.67 bits per heavy atom. The predicted molar refractivity (Wildman–Crippen MR) is 99.2 cm³/mol. The Bertz CT molecular complexity index is 571. The fourth-order valence-corrected chi connectivity index (χ4v) is 6.35. The highest BCUT2D eigenvalue weighted by Crippen LogP contribution is 2.61. The minimum absolute atomic E-state index is 0.171. The fraction of sp³-hybridized carbons (Fsp3) is 0.727. The summed E-state index contributed by atoms with van der Waals surface area (Å²) in [5, 5.41) is 19.5. The van der Waals surface area contributed by atoms with Crippen LogP contribution in [0, 0.1) is 28.6 Å². The molecule has 2 N–H and O–H groups in total. The second kappa shape index (κ2) is 6.28. The van der Waals surface area contributed by atoms with Gasteiger partial charge in [-0.25, -0.2) is 0 Å². The largest absolute Gasteiger partial charge is 0.508 e. The highest BCUT2D eigenvalue weighted by molar-refractivity contribution is 5.36. The highest BCUT2D eigenvalue weighted by Gasteiger charge is 2.53. The molecule has 2 saturated carbocycles. The van der Waals surface area contributed by atoms with Crippen LogP contribution in [-0.4, -0.2) is 10.2 Å². The molecule has 134 valence electrons. The van der Waals surface area contributed by atoms with Crippen LogP contribution in [0.25, 0.3) is 0 Å². The van der Waals surface area contributed by atoms with Crippen molar-refractivity contribution in [1.29, 1.82) is 0 Å². The summed E-state index contributed by atoms with van der Waals surface area (Å²) in [6, 6.07) is 5.02. The van der Waals surface area contributed by atoms with E-state index in [9.17, 15) is 10.2 Å². The van der Waals surface area contributed by atoms with Gasteiger partial charge in [-0.1, -0.05) is 40.5 Å². The second-order valence-electron chi connectivity index (χ2n) is 9.46. The van der Waals surface area contributed by atoms with E-state index in [1.165, 1.54) is 38.2 Å². The molecule has 2 fully saturated rings. The number of aromatic hydroxyl groups is 2. The number of phenolic OH excluding ortho intramolecular Hbond substituents is 2. The second-order valence-corrected chi connectivity index (χ2v) is 9.46. The van der Waals surface area contributed by atoms with Crippen molar-refractivity contribution in [3.05, 3.63) is 23.8 Å². The molecule has 0 heterocycles. The maximum atomic E-state index is 9.73. The van der Waals surface area contributed by atoms with Gasteiger partial charge in [-0.3, -0.25) is 0 Å². The van der Waals surface area contributed by atoms with Gasteiger partial charge >= 0.3 is 0 Å². The molecule has 0 aromatic heterocycles. The summed E-state index contributed by atoms with van der Waals surface area (Å²) < 4.78 is 0. The Balaban J connectivity index is 1.79. The molecule has 0 aliphatic heterocycles. The van der Waals surface area contributed by atoms with Gasteiger partial charge in [0.25, 0.3) is 0 Å². The maximum absolute atomic E-state index is 9.73. The normalized spacial score (nSPS) is 35.4. The van der Waals surface area contributed by atoms with E-state index >= 15 is 0 Å². The van der Waals surface area contributed by atoms with Gasteiger partial charge in [0.15, 0.2) is 0 Å². The van der Waals surface area contributed by atoms with Crippen LogP contribution in [0.5, 0.6) is 11.5 Å². The van der Waals surface area contributed by atoms with E-state index in [-0.39, 0.29) is 11.5 Å². The van der Waals surface area contributed by atoms with Crippen molar-refractivity contribution in [2.45, 2.75) is 72.6 Å². The maximum Gasteiger partial charge on any atom is 0.119 e. The number of fused-ring (bicyclic) bond motifs is 1. The van der Waals surface area contributed by atoms with E-state index in [1.807, 2.05) is 0 Å². The van der Waals surface area contributed by atoms with Crippen LogP contribution in [0.15, 0.2) is 18.2 Å². The number of phenols is 2. The fourth-order valence-electron chi connectivity index (χ4n) is 6.35. The predicted octanol–water partition coefficient (Wildman–Crippen LogP) is 5.91. The summed E-state index contributed by atoms with van der Waals surface area (Å²) in [5.41, 5.74) is 1.97. The molecule has 0 saturated heterocycles. The molecule has 2 nitrogen and oxygen atoms in total. The molecule has 24 heavy (non-hydrogen) atoms. The molecule has 2 aliphatic rings. The lowest BCUT2D eigenvalue weighted by atomic mass is 9.46. The first-order valence-electron chi connectivity index (χ1n) is 9.74. The molecule has 1 unspecified atom stereocenters. The Labute approximate surface area is 147 Å². The van der Waals surface area contributed by atoms with Crippen LogP contribution in [0.1, 0.15) is 71.8 Å². The zero-order chi connectivity index (χ0) is 17.5. The van der Waals surface area contributed by atoms with Crippen molar-refractivity contribution in [2.75, 3.05) is 0 Å². The van der Waals surface area contributed by atoms with Gasteiger partial charge in [0.2, 0.25) is 0 Å². The Kier molecular flexibility index (Phi) is 4.61. The van der Waals surface area contributed by atoms with Crippen molar-refractivity contribution >= 4 is 0 Å². The number of rotatable bonds is 3. The first kappa shape index (κ1) is 17.6. The number of benzene rings is 1. The minimum Gasteiger partial charge on any atom is -0.508 e. The number of hydrogen-bond acceptors (Lipinski definition) is 2. The van der Waals surface area contributed by atoms with Gasteiger partial charge in [0, 0.05) is 6.07 Å². The van der Waals surface area contributed by atoms with Gasteiger partial charge in [-0.2, -0.15) is 0 Å². The Hall–Kier alpha value is -1.18. The van der Waals surface area contributed by atoms with Gasteiger partial charge in [0.05, 0.1) is 0 Å². The summed E-state index contributed by atoms with van der Waals surface area (Å²) in [4.78, 5) is 0. The lowest BCUT2D eigenvalue weighted by Crippen LogP contribution is -2.51. The number of hydrogen-bond donors (Lipinski definition) is 2. The molecule has 0 bridgehead atoms. The summed E-state index contributed by atoms with van der Waals surface area (Å²) in [6.45, 7) is 9.96. The van der Waals surface area contributed by atoms with Gasteiger partial charge in [-0.15, -0.1) is 0 Å². The Morgan fingerprint density at radius 3 is 2.33 bits per heavy atom. The van der Waals surface area contributed by atoms with Crippen LogP contribution < -0.4 is 0 Å². The van der Waals surface area contributed by atoms with Crippen LogP contribution in [0.2, 0.25) is 0 Å². The molecular weight excluding hydrogens is 296 g/mol. The average molecular weight is 331 g/mol. The molecule has 0 amide bonds. The van der Waals surface area contributed by atoms with Crippen molar-refractivity contribution in [1.82, 2.24) is 0 Å². The van der Waals surface area contributed by atoms with Gasteiger partial charge < -0.3 is 10.2 Å². The van der Waals surface area contributed by atoms with Gasteiger partial charge in [-0.05, 0) is 78.4 Å². The van der Waals surface area contributed by atoms with Crippen LogP contribution in [0.4, 0.5) is 0 Å². The topological polar surface area (TPSA) is 40.5 Å². The summed E-state index contributed by atoms with van der Waals surface area (Å²) >= 11 is 0.